The molecule has 7 heteroatoms. The Hall–Kier alpha value is -2.05. The van der Waals surface area contributed by atoms with Crippen LogP contribution in [0.5, 0.6) is 0 Å². The number of aliphatic carboxylic acids is 1. The molecule has 1 amide bonds. The lowest BCUT2D eigenvalue weighted by Gasteiger charge is -2.16. The summed E-state index contributed by atoms with van der Waals surface area (Å²) in [5.41, 5.74) is -1.07. The maximum Gasteiger partial charge on any atom is 0.416 e. The van der Waals surface area contributed by atoms with Crippen molar-refractivity contribution in [2.75, 3.05) is 0 Å². The molecule has 1 atom stereocenters. The number of carbonyl (C=O) groups is 2. The van der Waals surface area contributed by atoms with Gasteiger partial charge in [0.05, 0.1) is 5.56 Å². The molecule has 0 aliphatic carbocycles. The van der Waals surface area contributed by atoms with Gasteiger partial charge in [-0.2, -0.15) is 13.2 Å². The zero-order valence-electron chi connectivity index (χ0n) is 9.07. The molecule has 18 heavy (non-hydrogen) atoms. The Morgan fingerprint density at radius 3 is 2.50 bits per heavy atom. The first kappa shape index (κ1) is 14.0. The molecule has 0 fully saturated rings. The molecule has 0 saturated carbocycles. The van der Waals surface area contributed by atoms with Crippen molar-refractivity contribution in [2.45, 2.75) is 18.6 Å². The predicted molar refractivity (Wildman–Crippen MR) is 55.8 cm³/mol. The molecule has 0 saturated heterocycles. The fourth-order valence-electron chi connectivity index (χ4n) is 1.49. The summed E-state index contributed by atoms with van der Waals surface area (Å²) >= 11 is 0. The van der Waals surface area contributed by atoms with Gasteiger partial charge in [0.1, 0.15) is 6.04 Å². The van der Waals surface area contributed by atoms with Gasteiger partial charge in [-0.3, -0.25) is 4.79 Å². The summed E-state index contributed by atoms with van der Waals surface area (Å²) in [6, 6.07) is 3.27. The van der Waals surface area contributed by atoms with Crippen LogP contribution in [0, 0.1) is 0 Å². The Bertz CT molecular complexity index is 445. The van der Waals surface area contributed by atoms with E-state index >= 15 is 0 Å². The van der Waals surface area contributed by atoms with Gasteiger partial charge in [-0.15, -0.1) is 0 Å². The first-order valence-corrected chi connectivity index (χ1v) is 4.94. The van der Waals surface area contributed by atoms with Gasteiger partial charge in [0, 0.05) is 6.42 Å². The highest BCUT2D eigenvalue weighted by molar-refractivity contribution is 5.76. The molecular weight excluding hydrogens is 251 g/mol. The fourth-order valence-corrected chi connectivity index (χ4v) is 1.49. The fraction of sp³-hybridized carbons (Fsp3) is 0.273. The van der Waals surface area contributed by atoms with E-state index in [9.17, 15) is 22.8 Å². The van der Waals surface area contributed by atoms with Crippen molar-refractivity contribution < 1.29 is 27.9 Å². The molecule has 4 nitrogen and oxygen atoms in total. The third-order valence-corrected chi connectivity index (χ3v) is 2.31. The number of nitrogens with one attached hydrogen (secondary N) is 1. The van der Waals surface area contributed by atoms with Crippen molar-refractivity contribution in [1.29, 1.82) is 0 Å². The van der Waals surface area contributed by atoms with E-state index in [4.69, 9.17) is 5.11 Å². The van der Waals surface area contributed by atoms with E-state index in [1.54, 1.807) is 0 Å². The highest BCUT2D eigenvalue weighted by atomic mass is 19.4. The third-order valence-electron chi connectivity index (χ3n) is 2.31. The molecule has 0 radical (unpaired) electrons. The smallest absolute Gasteiger partial charge is 0.416 e. The number of halogens is 3. The Labute approximate surface area is 100 Å². The molecule has 1 aromatic carbocycles. The van der Waals surface area contributed by atoms with Gasteiger partial charge < -0.3 is 10.4 Å². The zero-order valence-corrected chi connectivity index (χ0v) is 9.07. The van der Waals surface area contributed by atoms with E-state index in [1.165, 1.54) is 18.2 Å². The Morgan fingerprint density at radius 1 is 1.39 bits per heavy atom. The van der Waals surface area contributed by atoms with Gasteiger partial charge in [-0.25, -0.2) is 4.79 Å². The van der Waals surface area contributed by atoms with Crippen molar-refractivity contribution in [3.8, 4) is 0 Å². The lowest BCUT2D eigenvalue weighted by Crippen LogP contribution is -2.38. The molecule has 0 heterocycles. The number of carboxylic acid groups (broad SMARTS) is 1. The first-order chi connectivity index (χ1) is 8.36. The van der Waals surface area contributed by atoms with Crippen molar-refractivity contribution in [3.63, 3.8) is 0 Å². The summed E-state index contributed by atoms with van der Waals surface area (Å²) in [4.78, 5) is 20.9. The van der Waals surface area contributed by atoms with Crippen LogP contribution < -0.4 is 5.32 Å². The maximum atomic E-state index is 12.6. The molecule has 1 aromatic rings. The molecule has 1 unspecified atom stereocenters. The second-order valence-corrected chi connectivity index (χ2v) is 3.53. The van der Waals surface area contributed by atoms with E-state index in [0.717, 1.165) is 6.07 Å². The molecule has 1 rings (SSSR count). The minimum atomic E-state index is -4.55. The normalized spacial score (nSPS) is 12.8. The molecule has 98 valence electrons. The number of amides is 1. The number of rotatable bonds is 5. The van der Waals surface area contributed by atoms with Crippen LogP contribution >= 0.6 is 0 Å². The summed E-state index contributed by atoms with van der Waals surface area (Å²) < 4.78 is 37.9. The molecular formula is C11H10F3NO3. The summed E-state index contributed by atoms with van der Waals surface area (Å²) in [5.74, 6) is -1.39. The van der Waals surface area contributed by atoms with E-state index in [1.807, 2.05) is 5.32 Å². The second-order valence-electron chi connectivity index (χ2n) is 3.53. The largest absolute Gasteiger partial charge is 0.480 e. The van der Waals surface area contributed by atoms with Crippen LogP contribution in [-0.4, -0.2) is 23.5 Å². The number of alkyl halides is 3. The monoisotopic (exact) mass is 261 g/mol. The predicted octanol–water partition coefficient (Wildman–Crippen LogP) is 1.45. The number of benzene rings is 1. The number of hydrogen-bond acceptors (Lipinski definition) is 2. The van der Waals surface area contributed by atoms with Crippen LogP contribution in [0.3, 0.4) is 0 Å². The summed E-state index contributed by atoms with van der Waals surface area (Å²) in [6.07, 6.45) is -4.83. The van der Waals surface area contributed by atoms with E-state index in [0.29, 0.717) is 0 Å². The maximum absolute atomic E-state index is 12.6. The van der Waals surface area contributed by atoms with Crippen LogP contribution in [0.15, 0.2) is 24.3 Å². The quantitative estimate of drug-likeness (QED) is 0.788. The van der Waals surface area contributed by atoms with E-state index in [2.05, 4.69) is 0 Å². The number of carbonyl (C=O) groups excluding carboxylic acids is 1. The average molecular weight is 261 g/mol. The lowest BCUT2D eigenvalue weighted by atomic mass is 10.00. The lowest BCUT2D eigenvalue weighted by molar-refractivity contribution is -0.142. The Kier molecular flexibility index (Phi) is 4.30. The molecule has 2 N–H and O–H groups in total. The number of hydrogen-bond donors (Lipinski definition) is 2. The topological polar surface area (TPSA) is 66.4 Å². The summed E-state index contributed by atoms with van der Waals surface area (Å²) in [7, 11) is 0. The second kappa shape index (κ2) is 5.52. The van der Waals surface area contributed by atoms with Crippen molar-refractivity contribution in [1.82, 2.24) is 5.32 Å². The van der Waals surface area contributed by atoms with Gasteiger partial charge in [0.25, 0.3) is 0 Å². The van der Waals surface area contributed by atoms with Crippen LogP contribution in [-0.2, 0) is 22.2 Å². The molecule has 0 aromatic heterocycles. The first-order valence-electron chi connectivity index (χ1n) is 4.94. The minimum Gasteiger partial charge on any atom is -0.480 e. The highest BCUT2D eigenvalue weighted by Gasteiger charge is 2.34. The zero-order chi connectivity index (χ0) is 13.8. The van der Waals surface area contributed by atoms with Crippen LogP contribution in [0.4, 0.5) is 13.2 Å². The van der Waals surface area contributed by atoms with Gasteiger partial charge in [-0.1, -0.05) is 18.2 Å². The van der Waals surface area contributed by atoms with Crippen LogP contribution in [0.25, 0.3) is 0 Å². The van der Waals surface area contributed by atoms with Gasteiger partial charge in [-0.05, 0) is 11.6 Å². The molecule has 0 bridgehead atoms. The average Bonchev–Trinajstić information content (AvgIpc) is 2.27. The van der Waals surface area contributed by atoms with E-state index in [-0.39, 0.29) is 12.0 Å². The van der Waals surface area contributed by atoms with Crippen LogP contribution in [0.1, 0.15) is 11.1 Å². The Balaban J connectivity index is 3.03. The minimum absolute atomic E-state index is 0.148. The summed E-state index contributed by atoms with van der Waals surface area (Å²) in [5, 5.41) is 10.7. The van der Waals surface area contributed by atoms with Crippen molar-refractivity contribution in [3.05, 3.63) is 35.4 Å². The van der Waals surface area contributed by atoms with Crippen LogP contribution in [0.2, 0.25) is 0 Å². The standard InChI is InChI=1S/C11H10F3NO3/c12-11(13,14)8-4-2-1-3-7(8)5-9(10(17)18)15-6-16/h1-4,6,9H,5H2,(H,15,16)(H,17,18). The third kappa shape index (κ3) is 3.47. The Morgan fingerprint density at radius 2 is 2.00 bits per heavy atom. The SMILES string of the molecule is O=CNC(Cc1ccccc1C(F)(F)F)C(=O)O. The molecule has 0 aliphatic rings. The molecule has 0 aliphatic heterocycles. The number of carboxylic acids is 1. The molecule has 0 spiro atoms. The highest BCUT2D eigenvalue weighted by Crippen LogP contribution is 2.32. The van der Waals surface area contributed by atoms with Crippen molar-refractivity contribution in [2.24, 2.45) is 0 Å². The van der Waals surface area contributed by atoms with Crippen molar-refractivity contribution >= 4 is 12.4 Å². The summed E-state index contributed by atoms with van der Waals surface area (Å²) in [6.45, 7) is 0. The van der Waals surface area contributed by atoms with Gasteiger partial charge in [0.15, 0.2) is 0 Å². The van der Waals surface area contributed by atoms with Gasteiger partial charge in [0.2, 0.25) is 6.41 Å². The van der Waals surface area contributed by atoms with E-state index < -0.39 is 30.2 Å². The van der Waals surface area contributed by atoms with Gasteiger partial charge >= 0.3 is 12.1 Å².